The van der Waals surface area contributed by atoms with Crippen molar-refractivity contribution in [2.45, 2.75) is 13.0 Å². The lowest BCUT2D eigenvalue weighted by molar-refractivity contribution is 0.0601. The quantitative estimate of drug-likeness (QED) is 0.859. The molecule has 0 bridgehead atoms. The van der Waals surface area contributed by atoms with E-state index < -0.39 is 11.8 Å². The number of ether oxygens (including phenoxy) is 1. The van der Waals surface area contributed by atoms with Gasteiger partial charge in [-0.25, -0.2) is 9.18 Å². The van der Waals surface area contributed by atoms with E-state index in [2.05, 4.69) is 10.1 Å². The second kappa shape index (κ2) is 5.56. The summed E-state index contributed by atoms with van der Waals surface area (Å²) >= 11 is 0. The number of anilines is 1. The molecule has 2 rings (SSSR count). The summed E-state index contributed by atoms with van der Waals surface area (Å²) in [4.78, 5) is 11.6. The molecule has 0 aliphatic rings. The van der Waals surface area contributed by atoms with Crippen molar-refractivity contribution in [1.82, 2.24) is 0 Å². The van der Waals surface area contributed by atoms with E-state index in [1.165, 1.54) is 25.3 Å². The van der Waals surface area contributed by atoms with Crippen LogP contribution in [0.25, 0.3) is 0 Å². The molecule has 1 heterocycles. The van der Waals surface area contributed by atoms with E-state index in [0.717, 1.165) is 0 Å². The van der Waals surface area contributed by atoms with E-state index in [1.54, 1.807) is 18.4 Å². The SMILES string of the molecule is COC(=O)c1ccc(F)cc1NC(C)c1ccco1. The van der Waals surface area contributed by atoms with Gasteiger partial charge in [-0.05, 0) is 37.3 Å². The molecule has 0 spiro atoms. The van der Waals surface area contributed by atoms with E-state index in [-0.39, 0.29) is 11.6 Å². The molecule has 100 valence electrons. The summed E-state index contributed by atoms with van der Waals surface area (Å²) in [5, 5.41) is 3.03. The van der Waals surface area contributed by atoms with Gasteiger partial charge in [-0.1, -0.05) is 0 Å². The molecule has 19 heavy (non-hydrogen) atoms. The molecule has 0 aliphatic heterocycles. The number of nitrogens with one attached hydrogen (secondary N) is 1. The minimum atomic E-state index is -0.519. The topological polar surface area (TPSA) is 51.5 Å². The molecule has 1 atom stereocenters. The molecular formula is C14H14FNO3. The number of hydrogen-bond acceptors (Lipinski definition) is 4. The summed E-state index contributed by atoms with van der Waals surface area (Å²) in [5.41, 5.74) is 0.651. The van der Waals surface area contributed by atoms with Gasteiger partial charge < -0.3 is 14.5 Å². The van der Waals surface area contributed by atoms with E-state index in [1.807, 2.05) is 6.92 Å². The second-order valence-corrected chi connectivity index (χ2v) is 4.06. The molecular weight excluding hydrogens is 249 g/mol. The van der Waals surface area contributed by atoms with Crippen molar-refractivity contribution < 1.29 is 18.3 Å². The molecule has 1 aromatic carbocycles. The maximum absolute atomic E-state index is 13.3. The first-order valence-electron chi connectivity index (χ1n) is 5.79. The average molecular weight is 263 g/mol. The van der Waals surface area contributed by atoms with Crippen LogP contribution in [0, 0.1) is 5.82 Å². The highest BCUT2D eigenvalue weighted by molar-refractivity contribution is 5.95. The van der Waals surface area contributed by atoms with Crippen molar-refractivity contribution in [1.29, 1.82) is 0 Å². The minimum Gasteiger partial charge on any atom is -0.467 e. The van der Waals surface area contributed by atoms with E-state index >= 15 is 0 Å². The highest BCUT2D eigenvalue weighted by atomic mass is 19.1. The smallest absolute Gasteiger partial charge is 0.339 e. The number of rotatable bonds is 4. The molecule has 1 N–H and O–H groups in total. The summed E-state index contributed by atoms with van der Waals surface area (Å²) in [5.74, 6) is -0.254. The van der Waals surface area contributed by atoms with Gasteiger partial charge in [0.1, 0.15) is 11.6 Å². The Morgan fingerprint density at radius 1 is 1.42 bits per heavy atom. The third-order valence-corrected chi connectivity index (χ3v) is 2.73. The van der Waals surface area contributed by atoms with Gasteiger partial charge in [-0.2, -0.15) is 0 Å². The number of carbonyl (C=O) groups excluding carboxylic acids is 1. The Balaban J connectivity index is 2.28. The summed E-state index contributed by atoms with van der Waals surface area (Å²) in [6, 6.07) is 7.23. The predicted molar refractivity (Wildman–Crippen MR) is 68.5 cm³/mol. The standard InChI is InChI=1S/C14H14FNO3/c1-9(13-4-3-7-19-13)16-12-8-10(15)5-6-11(12)14(17)18-2/h3-9,16H,1-2H3. The molecule has 1 unspecified atom stereocenters. The fraction of sp³-hybridized carbons (Fsp3) is 0.214. The zero-order chi connectivity index (χ0) is 13.8. The fourth-order valence-corrected chi connectivity index (χ4v) is 1.77. The van der Waals surface area contributed by atoms with Crippen molar-refractivity contribution in [3.8, 4) is 0 Å². The predicted octanol–water partition coefficient (Wildman–Crippen LogP) is 3.38. The Hall–Kier alpha value is -2.30. The number of hydrogen-bond donors (Lipinski definition) is 1. The minimum absolute atomic E-state index is 0.194. The first-order chi connectivity index (χ1) is 9.11. The summed E-state index contributed by atoms with van der Waals surface area (Å²) in [7, 11) is 1.28. The molecule has 0 radical (unpaired) electrons. The third kappa shape index (κ3) is 2.93. The average Bonchev–Trinajstić information content (AvgIpc) is 2.92. The van der Waals surface area contributed by atoms with Crippen molar-refractivity contribution >= 4 is 11.7 Å². The molecule has 0 aliphatic carbocycles. The Labute approximate surface area is 110 Å². The highest BCUT2D eigenvalue weighted by Gasteiger charge is 2.16. The monoisotopic (exact) mass is 263 g/mol. The molecule has 2 aromatic rings. The number of benzene rings is 1. The molecule has 0 saturated heterocycles. The van der Waals surface area contributed by atoms with Crippen LogP contribution in [0.15, 0.2) is 41.0 Å². The van der Waals surface area contributed by atoms with Gasteiger partial charge in [0.25, 0.3) is 0 Å². The second-order valence-electron chi connectivity index (χ2n) is 4.06. The van der Waals surface area contributed by atoms with Crippen LogP contribution >= 0.6 is 0 Å². The molecule has 0 saturated carbocycles. The number of esters is 1. The summed E-state index contributed by atoms with van der Waals surface area (Å²) < 4.78 is 23.2. The first-order valence-corrected chi connectivity index (χ1v) is 5.79. The van der Waals surface area contributed by atoms with Crippen LogP contribution in [0.4, 0.5) is 10.1 Å². The van der Waals surface area contributed by atoms with E-state index in [0.29, 0.717) is 11.4 Å². The lowest BCUT2D eigenvalue weighted by atomic mass is 10.1. The zero-order valence-electron chi connectivity index (χ0n) is 10.6. The van der Waals surface area contributed by atoms with Crippen LogP contribution in [0.1, 0.15) is 29.1 Å². The van der Waals surface area contributed by atoms with Crippen LogP contribution < -0.4 is 5.32 Å². The van der Waals surface area contributed by atoms with Crippen molar-refractivity contribution in [2.75, 3.05) is 12.4 Å². The van der Waals surface area contributed by atoms with Gasteiger partial charge in [-0.15, -0.1) is 0 Å². The normalized spacial score (nSPS) is 11.9. The highest BCUT2D eigenvalue weighted by Crippen LogP contribution is 2.24. The Bertz CT molecular complexity index is 566. The largest absolute Gasteiger partial charge is 0.467 e. The van der Waals surface area contributed by atoms with Crippen LogP contribution in [-0.4, -0.2) is 13.1 Å². The Morgan fingerprint density at radius 2 is 2.21 bits per heavy atom. The van der Waals surface area contributed by atoms with E-state index in [9.17, 15) is 9.18 Å². The fourth-order valence-electron chi connectivity index (χ4n) is 1.77. The van der Waals surface area contributed by atoms with Crippen molar-refractivity contribution in [2.24, 2.45) is 0 Å². The van der Waals surface area contributed by atoms with Crippen LogP contribution in [0.2, 0.25) is 0 Å². The molecule has 0 amide bonds. The lowest BCUT2D eigenvalue weighted by Gasteiger charge is -2.15. The number of halogens is 1. The summed E-state index contributed by atoms with van der Waals surface area (Å²) in [6.45, 7) is 1.85. The summed E-state index contributed by atoms with van der Waals surface area (Å²) in [6.07, 6.45) is 1.56. The molecule has 1 aromatic heterocycles. The Morgan fingerprint density at radius 3 is 2.84 bits per heavy atom. The number of carbonyl (C=O) groups is 1. The van der Waals surface area contributed by atoms with Gasteiger partial charge in [0.05, 0.1) is 30.7 Å². The van der Waals surface area contributed by atoms with Gasteiger partial charge in [-0.3, -0.25) is 0 Å². The first kappa shape index (κ1) is 13.1. The third-order valence-electron chi connectivity index (χ3n) is 2.73. The maximum atomic E-state index is 13.3. The van der Waals surface area contributed by atoms with Gasteiger partial charge in [0.2, 0.25) is 0 Å². The molecule has 5 heteroatoms. The van der Waals surface area contributed by atoms with E-state index in [4.69, 9.17) is 4.42 Å². The zero-order valence-corrected chi connectivity index (χ0v) is 10.6. The van der Waals surface area contributed by atoms with Crippen LogP contribution in [0.3, 0.4) is 0 Å². The van der Waals surface area contributed by atoms with Crippen LogP contribution in [0.5, 0.6) is 0 Å². The van der Waals surface area contributed by atoms with Gasteiger partial charge in [0, 0.05) is 0 Å². The number of furan rings is 1. The lowest BCUT2D eigenvalue weighted by Crippen LogP contribution is -2.11. The molecule has 4 nitrogen and oxygen atoms in total. The van der Waals surface area contributed by atoms with Crippen molar-refractivity contribution in [3.05, 3.63) is 53.7 Å². The van der Waals surface area contributed by atoms with Gasteiger partial charge >= 0.3 is 5.97 Å². The maximum Gasteiger partial charge on any atom is 0.339 e. The molecule has 0 fully saturated rings. The number of methoxy groups -OCH3 is 1. The Kier molecular flexibility index (Phi) is 3.85. The van der Waals surface area contributed by atoms with Crippen LogP contribution in [-0.2, 0) is 4.74 Å². The van der Waals surface area contributed by atoms with Crippen molar-refractivity contribution in [3.63, 3.8) is 0 Å². The van der Waals surface area contributed by atoms with Gasteiger partial charge in [0.15, 0.2) is 0 Å².